The van der Waals surface area contributed by atoms with Crippen molar-refractivity contribution in [1.29, 1.82) is 0 Å². The van der Waals surface area contributed by atoms with Crippen molar-refractivity contribution in [3.63, 3.8) is 0 Å². The van der Waals surface area contributed by atoms with Gasteiger partial charge in [-0.2, -0.15) is 0 Å². The lowest BCUT2D eigenvalue weighted by molar-refractivity contribution is -0.0602. The van der Waals surface area contributed by atoms with Crippen LogP contribution < -0.4 is 5.32 Å². The van der Waals surface area contributed by atoms with Crippen molar-refractivity contribution in [2.75, 3.05) is 5.32 Å². The third-order valence-corrected chi connectivity index (χ3v) is 6.25. The van der Waals surface area contributed by atoms with Crippen LogP contribution in [-0.4, -0.2) is 11.1 Å². The quantitative estimate of drug-likeness (QED) is 0.798. The van der Waals surface area contributed by atoms with E-state index in [-0.39, 0.29) is 0 Å². The van der Waals surface area contributed by atoms with Crippen LogP contribution in [0.3, 0.4) is 0 Å². The van der Waals surface area contributed by atoms with E-state index in [1.807, 2.05) is 12.1 Å². The first kappa shape index (κ1) is 12.6. The van der Waals surface area contributed by atoms with Crippen LogP contribution in [0.5, 0.6) is 5.75 Å². The maximum Gasteiger partial charge on any atom is 0.115 e. The second-order valence-corrected chi connectivity index (χ2v) is 7.69. The number of phenolic OH excluding ortho intramolecular Hbond substituents is 1. The van der Waals surface area contributed by atoms with E-state index in [4.69, 9.17) is 0 Å². The van der Waals surface area contributed by atoms with Gasteiger partial charge in [0.15, 0.2) is 0 Å². The maximum absolute atomic E-state index is 9.39. The smallest absolute Gasteiger partial charge is 0.115 e. The monoisotopic (exact) mass is 271 g/mol. The van der Waals surface area contributed by atoms with Gasteiger partial charge in [0.2, 0.25) is 0 Å². The van der Waals surface area contributed by atoms with Crippen LogP contribution >= 0.6 is 0 Å². The molecule has 0 aliphatic heterocycles. The molecule has 4 aliphatic rings. The van der Waals surface area contributed by atoms with E-state index in [9.17, 15) is 5.11 Å². The summed E-state index contributed by atoms with van der Waals surface area (Å²) in [4.78, 5) is 0. The van der Waals surface area contributed by atoms with Crippen molar-refractivity contribution in [3.05, 3.63) is 24.3 Å². The molecule has 0 spiro atoms. The topological polar surface area (TPSA) is 32.3 Å². The minimum absolute atomic E-state index is 0.345. The predicted molar refractivity (Wildman–Crippen MR) is 81.8 cm³/mol. The van der Waals surface area contributed by atoms with Crippen LogP contribution in [0, 0.1) is 23.2 Å². The van der Waals surface area contributed by atoms with Crippen LogP contribution in [0.4, 0.5) is 5.69 Å². The lowest BCUT2D eigenvalue weighted by atomic mass is 9.48. The number of rotatable bonds is 3. The van der Waals surface area contributed by atoms with E-state index < -0.39 is 0 Å². The maximum atomic E-state index is 9.39. The number of phenols is 1. The molecule has 1 aromatic rings. The average molecular weight is 271 g/mol. The molecule has 2 N–H and O–H groups in total. The van der Waals surface area contributed by atoms with Gasteiger partial charge in [0.25, 0.3) is 0 Å². The number of anilines is 1. The van der Waals surface area contributed by atoms with Gasteiger partial charge in [-0.05, 0) is 92.9 Å². The SMILES string of the molecule is CC(Nc1ccc(O)cc1)C12CC3CC(CC(C3)C1)C2. The fourth-order valence-corrected chi connectivity index (χ4v) is 5.67. The molecule has 0 heterocycles. The molecule has 0 saturated heterocycles. The van der Waals surface area contributed by atoms with Crippen molar-refractivity contribution in [3.8, 4) is 5.75 Å². The number of hydrogen-bond acceptors (Lipinski definition) is 2. The predicted octanol–water partition coefficient (Wildman–Crippen LogP) is 4.41. The first-order valence-corrected chi connectivity index (χ1v) is 8.18. The molecule has 4 aliphatic carbocycles. The molecule has 0 aromatic heterocycles. The Kier molecular flexibility index (Phi) is 2.77. The van der Waals surface area contributed by atoms with Crippen molar-refractivity contribution >= 4 is 5.69 Å². The van der Waals surface area contributed by atoms with E-state index >= 15 is 0 Å². The van der Waals surface area contributed by atoms with Crippen LogP contribution in [-0.2, 0) is 0 Å². The molecule has 1 atom stereocenters. The molecule has 4 saturated carbocycles. The fourth-order valence-electron chi connectivity index (χ4n) is 5.67. The van der Waals surface area contributed by atoms with E-state index in [2.05, 4.69) is 12.2 Å². The van der Waals surface area contributed by atoms with E-state index in [0.717, 1.165) is 23.4 Å². The third-order valence-electron chi connectivity index (χ3n) is 6.25. The van der Waals surface area contributed by atoms with Gasteiger partial charge in [-0.3, -0.25) is 0 Å². The first-order chi connectivity index (χ1) is 9.63. The highest BCUT2D eigenvalue weighted by atomic mass is 16.3. The third kappa shape index (κ3) is 2.01. The highest BCUT2D eigenvalue weighted by Crippen LogP contribution is 2.61. The molecule has 2 nitrogen and oxygen atoms in total. The first-order valence-electron chi connectivity index (χ1n) is 8.18. The zero-order chi connectivity index (χ0) is 13.7. The van der Waals surface area contributed by atoms with Gasteiger partial charge in [0, 0.05) is 11.7 Å². The molecular formula is C18H25NO. The van der Waals surface area contributed by atoms with E-state index in [0.29, 0.717) is 17.2 Å². The Morgan fingerprint density at radius 1 is 1.00 bits per heavy atom. The largest absolute Gasteiger partial charge is 0.508 e. The molecule has 1 unspecified atom stereocenters. The van der Waals surface area contributed by atoms with Crippen LogP contribution in [0.1, 0.15) is 45.4 Å². The van der Waals surface area contributed by atoms with Gasteiger partial charge in [-0.25, -0.2) is 0 Å². The molecule has 5 rings (SSSR count). The summed E-state index contributed by atoms with van der Waals surface area (Å²) < 4.78 is 0. The van der Waals surface area contributed by atoms with Gasteiger partial charge >= 0.3 is 0 Å². The van der Waals surface area contributed by atoms with Crippen molar-refractivity contribution in [1.82, 2.24) is 0 Å². The molecule has 0 radical (unpaired) electrons. The second-order valence-electron chi connectivity index (χ2n) is 7.69. The summed E-state index contributed by atoms with van der Waals surface area (Å²) in [6, 6.07) is 8.07. The zero-order valence-corrected chi connectivity index (χ0v) is 12.3. The van der Waals surface area contributed by atoms with E-state index in [1.165, 1.54) is 38.5 Å². The Labute approximate surface area is 121 Å². The fraction of sp³-hybridized carbons (Fsp3) is 0.667. The molecule has 20 heavy (non-hydrogen) atoms. The zero-order valence-electron chi connectivity index (χ0n) is 12.3. The Hall–Kier alpha value is -1.18. The van der Waals surface area contributed by atoms with Gasteiger partial charge < -0.3 is 10.4 Å². The Bertz CT molecular complexity index is 457. The standard InChI is InChI=1S/C18H25NO/c1-12(19-16-2-4-17(20)5-3-16)18-9-13-6-14(10-18)8-15(7-13)11-18/h2-5,12-15,19-20H,6-11H2,1H3. The van der Waals surface area contributed by atoms with E-state index in [1.54, 1.807) is 12.1 Å². The molecule has 108 valence electrons. The average Bonchev–Trinajstić information content (AvgIpc) is 2.40. The van der Waals surface area contributed by atoms with Crippen molar-refractivity contribution in [2.45, 2.75) is 51.5 Å². The molecular weight excluding hydrogens is 246 g/mol. The summed E-state index contributed by atoms with van der Waals surface area (Å²) in [5.74, 6) is 3.36. The Balaban J connectivity index is 1.53. The molecule has 0 amide bonds. The van der Waals surface area contributed by atoms with Crippen LogP contribution in [0.25, 0.3) is 0 Å². The number of benzene rings is 1. The Morgan fingerprint density at radius 3 is 2.00 bits per heavy atom. The van der Waals surface area contributed by atoms with Crippen molar-refractivity contribution < 1.29 is 5.11 Å². The van der Waals surface area contributed by atoms with Crippen molar-refractivity contribution in [2.24, 2.45) is 23.2 Å². The lowest BCUT2D eigenvalue weighted by Crippen LogP contribution is -2.52. The number of hydrogen-bond donors (Lipinski definition) is 2. The normalized spacial score (nSPS) is 39.8. The number of aromatic hydroxyl groups is 1. The molecule has 4 bridgehead atoms. The lowest BCUT2D eigenvalue weighted by Gasteiger charge is -2.59. The summed E-state index contributed by atoms with van der Waals surface area (Å²) in [5.41, 5.74) is 1.68. The summed E-state index contributed by atoms with van der Waals surface area (Å²) in [6.07, 6.45) is 8.82. The van der Waals surface area contributed by atoms with Crippen LogP contribution in [0.2, 0.25) is 0 Å². The minimum atomic E-state index is 0.345. The minimum Gasteiger partial charge on any atom is -0.508 e. The Morgan fingerprint density at radius 2 is 1.50 bits per heavy atom. The summed E-state index contributed by atoms with van der Waals surface area (Å²) >= 11 is 0. The second kappa shape index (κ2) is 4.41. The van der Waals surface area contributed by atoms with Gasteiger partial charge in [-0.1, -0.05) is 0 Å². The van der Waals surface area contributed by atoms with Crippen LogP contribution in [0.15, 0.2) is 24.3 Å². The molecule has 4 fully saturated rings. The van der Waals surface area contributed by atoms with Gasteiger partial charge in [0.05, 0.1) is 0 Å². The highest BCUT2D eigenvalue weighted by molar-refractivity contribution is 5.47. The molecule has 1 aromatic carbocycles. The highest BCUT2D eigenvalue weighted by Gasteiger charge is 2.53. The summed E-state index contributed by atoms with van der Waals surface area (Å²) in [5, 5.41) is 13.1. The van der Waals surface area contributed by atoms with Gasteiger partial charge in [-0.15, -0.1) is 0 Å². The van der Waals surface area contributed by atoms with Gasteiger partial charge in [0.1, 0.15) is 5.75 Å². The summed E-state index contributed by atoms with van der Waals surface area (Å²) in [6.45, 7) is 2.37. The molecule has 2 heteroatoms. The number of nitrogens with one attached hydrogen (secondary N) is 1. The summed E-state index contributed by atoms with van der Waals surface area (Å²) in [7, 11) is 0.